The van der Waals surface area contributed by atoms with Gasteiger partial charge in [-0.15, -0.1) is 0 Å². The van der Waals surface area contributed by atoms with Gasteiger partial charge >= 0.3 is 5.97 Å². The normalized spacial score (nSPS) is 10.4. The van der Waals surface area contributed by atoms with Crippen LogP contribution in [0.2, 0.25) is 0 Å². The Labute approximate surface area is 119 Å². The highest BCUT2D eigenvalue weighted by atomic mass is 16.4. The monoisotopic (exact) mass is 269 g/mol. The van der Waals surface area contributed by atoms with Crippen molar-refractivity contribution in [2.24, 2.45) is 0 Å². The van der Waals surface area contributed by atoms with Gasteiger partial charge in [0.1, 0.15) is 0 Å². The highest BCUT2D eigenvalue weighted by Crippen LogP contribution is 2.19. The minimum atomic E-state index is -0.902. The minimum Gasteiger partial charge on any atom is -0.478 e. The number of benzene rings is 1. The zero-order valence-electron chi connectivity index (χ0n) is 11.7. The van der Waals surface area contributed by atoms with Gasteiger partial charge in [0, 0.05) is 17.5 Å². The molecule has 0 aliphatic heterocycles. The van der Waals surface area contributed by atoms with Crippen molar-refractivity contribution in [2.75, 3.05) is 0 Å². The summed E-state index contributed by atoms with van der Waals surface area (Å²) in [6.45, 7) is 2.19. The molecule has 0 saturated heterocycles. The molecule has 2 aromatic rings. The molecule has 104 valence electrons. The minimum absolute atomic E-state index is 0.304. The molecule has 0 spiro atoms. The lowest BCUT2D eigenvalue weighted by molar-refractivity contribution is 0.0697. The Hall–Kier alpha value is -2.16. The number of rotatable bonds is 6. The van der Waals surface area contributed by atoms with Gasteiger partial charge in [0.25, 0.3) is 0 Å². The van der Waals surface area contributed by atoms with Crippen molar-refractivity contribution in [1.29, 1.82) is 0 Å². The van der Waals surface area contributed by atoms with Crippen LogP contribution in [0, 0.1) is 0 Å². The Morgan fingerprint density at radius 3 is 2.30 bits per heavy atom. The maximum absolute atomic E-state index is 10.8. The fraction of sp³-hybridized carbons (Fsp3) is 0.294. The second-order valence-corrected chi connectivity index (χ2v) is 4.88. The van der Waals surface area contributed by atoms with Crippen molar-refractivity contribution in [3.63, 3.8) is 0 Å². The Bertz CT molecular complexity index is 559. The predicted molar refractivity (Wildman–Crippen MR) is 79.9 cm³/mol. The number of hydrogen-bond acceptors (Lipinski definition) is 2. The van der Waals surface area contributed by atoms with E-state index < -0.39 is 5.97 Å². The molecule has 0 bridgehead atoms. The summed E-state index contributed by atoms with van der Waals surface area (Å²) in [6.07, 6.45) is 6.51. The first-order chi connectivity index (χ1) is 9.70. The lowest BCUT2D eigenvalue weighted by atomic mass is 10.0. The third-order valence-electron chi connectivity index (χ3n) is 3.33. The van der Waals surface area contributed by atoms with E-state index in [-0.39, 0.29) is 0 Å². The molecule has 0 radical (unpaired) electrons. The van der Waals surface area contributed by atoms with Gasteiger partial charge in [0.15, 0.2) is 0 Å². The van der Waals surface area contributed by atoms with Gasteiger partial charge in [-0.05, 0) is 36.6 Å². The molecule has 0 amide bonds. The van der Waals surface area contributed by atoms with Crippen molar-refractivity contribution in [2.45, 2.75) is 32.6 Å². The second kappa shape index (κ2) is 6.85. The number of pyridine rings is 1. The van der Waals surface area contributed by atoms with E-state index in [2.05, 4.69) is 18.0 Å². The van der Waals surface area contributed by atoms with E-state index >= 15 is 0 Å². The van der Waals surface area contributed by atoms with Gasteiger partial charge in [-0.25, -0.2) is 4.79 Å². The van der Waals surface area contributed by atoms with Crippen molar-refractivity contribution in [1.82, 2.24) is 4.98 Å². The van der Waals surface area contributed by atoms with Crippen molar-refractivity contribution in [3.05, 3.63) is 53.9 Å². The summed E-state index contributed by atoms with van der Waals surface area (Å²) >= 11 is 0. The first kappa shape index (κ1) is 14.3. The number of carbonyl (C=O) groups is 1. The molecule has 3 nitrogen and oxygen atoms in total. The largest absolute Gasteiger partial charge is 0.478 e. The summed E-state index contributed by atoms with van der Waals surface area (Å²) in [7, 11) is 0. The molecule has 0 aliphatic rings. The average Bonchev–Trinajstić information content (AvgIpc) is 2.48. The maximum Gasteiger partial charge on any atom is 0.335 e. The molecule has 0 fully saturated rings. The zero-order valence-corrected chi connectivity index (χ0v) is 11.7. The Morgan fingerprint density at radius 1 is 1.05 bits per heavy atom. The van der Waals surface area contributed by atoms with E-state index in [4.69, 9.17) is 5.11 Å². The average molecular weight is 269 g/mol. The van der Waals surface area contributed by atoms with Crippen LogP contribution in [-0.2, 0) is 6.42 Å². The third-order valence-corrected chi connectivity index (χ3v) is 3.33. The lowest BCUT2D eigenvalue weighted by Crippen LogP contribution is -1.95. The third kappa shape index (κ3) is 3.67. The Balaban J connectivity index is 2.07. The van der Waals surface area contributed by atoms with Crippen LogP contribution in [0.1, 0.15) is 42.2 Å². The molecule has 2 rings (SSSR count). The molecular formula is C17H19NO2. The van der Waals surface area contributed by atoms with Gasteiger partial charge in [-0.3, -0.25) is 4.98 Å². The fourth-order valence-electron chi connectivity index (χ4n) is 2.10. The van der Waals surface area contributed by atoms with Gasteiger partial charge < -0.3 is 5.11 Å². The molecule has 1 heterocycles. The summed E-state index contributed by atoms with van der Waals surface area (Å²) in [5.41, 5.74) is 3.42. The number of unbranched alkanes of at least 4 members (excludes halogenated alkanes) is 2. The molecule has 0 atom stereocenters. The summed E-state index contributed by atoms with van der Waals surface area (Å²) in [6, 6.07) is 11.0. The van der Waals surface area contributed by atoms with E-state index in [1.807, 2.05) is 24.4 Å². The molecule has 1 aromatic carbocycles. The Morgan fingerprint density at radius 2 is 1.75 bits per heavy atom. The smallest absolute Gasteiger partial charge is 0.335 e. The van der Waals surface area contributed by atoms with Crippen LogP contribution in [0.5, 0.6) is 0 Å². The number of aryl methyl sites for hydroxylation is 1. The van der Waals surface area contributed by atoms with E-state index in [0.717, 1.165) is 23.2 Å². The molecular weight excluding hydrogens is 250 g/mol. The van der Waals surface area contributed by atoms with E-state index in [9.17, 15) is 4.79 Å². The van der Waals surface area contributed by atoms with Gasteiger partial charge in [-0.1, -0.05) is 38.0 Å². The summed E-state index contributed by atoms with van der Waals surface area (Å²) in [5.74, 6) is -0.902. The van der Waals surface area contributed by atoms with Gasteiger partial charge in [0.2, 0.25) is 0 Å². The number of aromatic carboxylic acids is 1. The van der Waals surface area contributed by atoms with Crippen LogP contribution in [0.3, 0.4) is 0 Å². The molecule has 0 saturated carbocycles. The van der Waals surface area contributed by atoms with Crippen molar-refractivity contribution >= 4 is 5.97 Å². The SMILES string of the molecule is CCCCCc1ccc(-c2ccc(C(=O)O)cc2)cn1. The molecule has 3 heteroatoms. The van der Waals surface area contributed by atoms with E-state index in [1.54, 1.807) is 12.1 Å². The fourth-order valence-corrected chi connectivity index (χ4v) is 2.10. The first-order valence-electron chi connectivity index (χ1n) is 6.99. The van der Waals surface area contributed by atoms with Gasteiger partial charge in [-0.2, -0.15) is 0 Å². The summed E-state index contributed by atoms with van der Waals surface area (Å²) < 4.78 is 0. The molecule has 0 unspecified atom stereocenters. The number of aromatic nitrogens is 1. The molecule has 0 aliphatic carbocycles. The molecule has 20 heavy (non-hydrogen) atoms. The maximum atomic E-state index is 10.8. The molecule has 1 aromatic heterocycles. The van der Waals surface area contributed by atoms with Crippen LogP contribution in [0.15, 0.2) is 42.6 Å². The lowest BCUT2D eigenvalue weighted by Gasteiger charge is -2.04. The number of carboxylic acids is 1. The number of nitrogens with zero attached hydrogens (tertiary/aromatic N) is 1. The summed E-state index contributed by atoms with van der Waals surface area (Å²) in [5, 5.41) is 8.87. The zero-order chi connectivity index (χ0) is 14.4. The van der Waals surface area contributed by atoms with Crippen LogP contribution in [0.4, 0.5) is 0 Å². The van der Waals surface area contributed by atoms with E-state index in [0.29, 0.717) is 5.56 Å². The standard InChI is InChI=1S/C17H19NO2/c1-2-3-4-5-16-11-10-15(12-18-16)13-6-8-14(9-7-13)17(19)20/h6-12H,2-5H2,1H3,(H,19,20). The highest BCUT2D eigenvalue weighted by molar-refractivity contribution is 5.88. The van der Waals surface area contributed by atoms with Crippen molar-refractivity contribution in [3.8, 4) is 11.1 Å². The van der Waals surface area contributed by atoms with Crippen LogP contribution in [-0.4, -0.2) is 16.1 Å². The van der Waals surface area contributed by atoms with E-state index in [1.165, 1.54) is 19.3 Å². The van der Waals surface area contributed by atoms with Crippen molar-refractivity contribution < 1.29 is 9.90 Å². The van der Waals surface area contributed by atoms with Crippen LogP contribution >= 0.6 is 0 Å². The molecule has 1 N–H and O–H groups in total. The topological polar surface area (TPSA) is 50.2 Å². The second-order valence-electron chi connectivity index (χ2n) is 4.88. The predicted octanol–water partition coefficient (Wildman–Crippen LogP) is 4.18. The number of carboxylic acid groups (broad SMARTS) is 1. The first-order valence-corrected chi connectivity index (χ1v) is 6.99. The highest BCUT2D eigenvalue weighted by Gasteiger charge is 2.03. The quantitative estimate of drug-likeness (QED) is 0.800. The Kier molecular flexibility index (Phi) is 4.88. The van der Waals surface area contributed by atoms with Gasteiger partial charge in [0.05, 0.1) is 5.56 Å². The summed E-state index contributed by atoms with van der Waals surface area (Å²) in [4.78, 5) is 15.3. The number of hydrogen-bond donors (Lipinski definition) is 1. The van der Waals surface area contributed by atoms with Crippen LogP contribution < -0.4 is 0 Å². The van der Waals surface area contributed by atoms with Crippen LogP contribution in [0.25, 0.3) is 11.1 Å².